The van der Waals surface area contributed by atoms with Crippen LogP contribution in [0.15, 0.2) is 0 Å². The van der Waals surface area contributed by atoms with E-state index in [-0.39, 0.29) is 36.2 Å². The van der Waals surface area contributed by atoms with Crippen molar-refractivity contribution in [2.24, 2.45) is 11.8 Å². The van der Waals surface area contributed by atoms with Crippen molar-refractivity contribution in [2.75, 3.05) is 6.61 Å². The lowest BCUT2D eigenvalue weighted by Gasteiger charge is -2.33. The normalized spacial score (nSPS) is 40.4. The first-order valence-electron chi connectivity index (χ1n) is 7.66. The van der Waals surface area contributed by atoms with E-state index < -0.39 is 24.4 Å². The number of aliphatic hydroxyl groups is 3. The van der Waals surface area contributed by atoms with Gasteiger partial charge >= 0.3 is 0 Å². The van der Waals surface area contributed by atoms with E-state index in [9.17, 15) is 20.1 Å². The van der Waals surface area contributed by atoms with Crippen LogP contribution in [0.2, 0.25) is 0 Å². The maximum Gasteiger partial charge on any atom is 0.189 e. The van der Waals surface area contributed by atoms with Gasteiger partial charge in [-0.3, -0.25) is 4.79 Å². The molecule has 3 N–H and O–H groups in total. The molecule has 0 bridgehead atoms. The van der Waals surface area contributed by atoms with Crippen molar-refractivity contribution in [1.82, 2.24) is 0 Å². The maximum absolute atomic E-state index is 11.7. The lowest BCUT2D eigenvalue weighted by Crippen LogP contribution is -2.44. The van der Waals surface area contributed by atoms with Crippen LogP contribution < -0.4 is 0 Å². The molecule has 0 saturated carbocycles. The summed E-state index contributed by atoms with van der Waals surface area (Å²) in [5, 5.41) is 29.0. The molecule has 2 fully saturated rings. The first-order chi connectivity index (χ1) is 9.81. The summed E-state index contributed by atoms with van der Waals surface area (Å²) in [4.78, 5) is 11.7. The Morgan fingerprint density at radius 3 is 2.48 bits per heavy atom. The van der Waals surface area contributed by atoms with Gasteiger partial charge in [-0.2, -0.15) is 0 Å². The van der Waals surface area contributed by atoms with E-state index in [1.807, 2.05) is 6.92 Å². The Morgan fingerprint density at radius 1 is 1.29 bits per heavy atom. The number of Topliss-reactive ketones (excluding diaryl/α,β-unsaturated/α-hetero) is 1. The number of epoxide rings is 1. The Morgan fingerprint density at radius 2 is 1.95 bits per heavy atom. The van der Waals surface area contributed by atoms with Crippen LogP contribution in [0.25, 0.3) is 0 Å². The van der Waals surface area contributed by atoms with E-state index in [0.29, 0.717) is 13.0 Å². The maximum atomic E-state index is 11.7. The standard InChI is InChI=1S/C15H26O6/c1-7(8(2)16)15-13(21-15)4-10-6-20-12(5-11(10)18)14(19)9(3)17/h7-13,15-18H,4-6H2,1-3H3. The topological polar surface area (TPSA) is 99.5 Å². The van der Waals surface area contributed by atoms with E-state index in [2.05, 4.69) is 0 Å². The number of ether oxygens (including phenoxy) is 2. The summed E-state index contributed by atoms with van der Waals surface area (Å²) in [6.07, 6.45) is -1.86. The molecule has 8 atom stereocenters. The van der Waals surface area contributed by atoms with Crippen LogP contribution >= 0.6 is 0 Å². The van der Waals surface area contributed by atoms with Gasteiger partial charge in [0.05, 0.1) is 31.0 Å². The van der Waals surface area contributed by atoms with Crippen LogP contribution in [0.5, 0.6) is 0 Å². The average molecular weight is 302 g/mol. The van der Waals surface area contributed by atoms with Gasteiger partial charge in [0.15, 0.2) is 5.78 Å². The van der Waals surface area contributed by atoms with E-state index in [0.717, 1.165) is 0 Å². The molecule has 6 heteroatoms. The Labute approximate surface area is 125 Å². The molecule has 0 radical (unpaired) electrons. The molecule has 122 valence electrons. The van der Waals surface area contributed by atoms with Crippen molar-refractivity contribution in [3.8, 4) is 0 Å². The second-order valence-electron chi connectivity index (χ2n) is 6.44. The summed E-state index contributed by atoms with van der Waals surface area (Å²) >= 11 is 0. The molecule has 2 heterocycles. The van der Waals surface area contributed by atoms with Crippen molar-refractivity contribution in [2.45, 2.75) is 70.2 Å². The fraction of sp³-hybridized carbons (Fsp3) is 0.933. The first kappa shape index (κ1) is 16.8. The van der Waals surface area contributed by atoms with Gasteiger partial charge in [0.1, 0.15) is 12.2 Å². The molecular weight excluding hydrogens is 276 g/mol. The summed E-state index contributed by atoms with van der Waals surface area (Å²) < 4.78 is 11.1. The minimum atomic E-state index is -1.07. The zero-order valence-electron chi connectivity index (χ0n) is 12.8. The van der Waals surface area contributed by atoms with Gasteiger partial charge in [0.25, 0.3) is 0 Å². The zero-order valence-corrected chi connectivity index (χ0v) is 12.8. The van der Waals surface area contributed by atoms with Crippen molar-refractivity contribution in [1.29, 1.82) is 0 Å². The quantitative estimate of drug-likeness (QED) is 0.591. The molecule has 0 amide bonds. The largest absolute Gasteiger partial charge is 0.393 e. The van der Waals surface area contributed by atoms with Gasteiger partial charge in [-0.05, 0) is 20.3 Å². The molecule has 0 aromatic rings. The summed E-state index contributed by atoms with van der Waals surface area (Å²) in [7, 11) is 0. The average Bonchev–Trinajstić information content (AvgIpc) is 3.18. The van der Waals surface area contributed by atoms with Gasteiger partial charge in [0, 0.05) is 18.3 Å². The molecule has 8 unspecified atom stereocenters. The number of ketones is 1. The minimum absolute atomic E-state index is 0.0361. The van der Waals surface area contributed by atoms with Crippen LogP contribution in [0.1, 0.15) is 33.6 Å². The summed E-state index contributed by atoms with van der Waals surface area (Å²) in [6.45, 7) is 5.39. The third-order valence-electron chi connectivity index (χ3n) is 4.68. The van der Waals surface area contributed by atoms with Crippen molar-refractivity contribution >= 4 is 5.78 Å². The van der Waals surface area contributed by atoms with Crippen molar-refractivity contribution in [3.05, 3.63) is 0 Å². The highest BCUT2D eigenvalue weighted by atomic mass is 16.6. The fourth-order valence-corrected chi connectivity index (χ4v) is 2.90. The van der Waals surface area contributed by atoms with Crippen molar-refractivity contribution < 1.29 is 29.6 Å². The SMILES string of the molecule is CC(O)C(=O)C1CC(O)C(CC2OC2C(C)C(C)O)CO1. The van der Waals surface area contributed by atoms with E-state index >= 15 is 0 Å². The van der Waals surface area contributed by atoms with Gasteiger partial charge < -0.3 is 24.8 Å². The van der Waals surface area contributed by atoms with E-state index in [1.165, 1.54) is 6.92 Å². The Kier molecular flexibility index (Phi) is 5.38. The number of hydrogen-bond acceptors (Lipinski definition) is 6. The first-order valence-corrected chi connectivity index (χ1v) is 7.66. The highest BCUT2D eigenvalue weighted by Crippen LogP contribution is 2.38. The Hall–Kier alpha value is -0.530. The Bertz CT molecular complexity index is 369. The van der Waals surface area contributed by atoms with E-state index in [4.69, 9.17) is 9.47 Å². The molecule has 2 aliphatic rings. The smallest absolute Gasteiger partial charge is 0.189 e. The van der Waals surface area contributed by atoms with E-state index in [1.54, 1.807) is 6.92 Å². The predicted octanol–water partition coefficient (Wildman–Crippen LogP) is -0.123. The lowest BCUT2D eigenvalue weighted by molar-refractivity contribution is -0.150. The summed E-state index contributed by atoms with van der Waals surface area (Å²) in [5.41, 5.74) is 0. The number of hydrogen-bond donors (Lipinski definition) is 3. The molecular formula is C15H26O6. The van der Waals surface area contributed by atoms with Crippen LogP contribution in [0, 0.1) is 11.8 Å². The third kappa shape index (κ3) is 4.02. The molecule has 2 saturated heterocycles. The number of rotatable bonds is 6. The number of carbonyl (C=O) groups is 1. The Balaban J connectivity index is 1.79. The van der Waals surface area contributed by atoms with Gasteiger partial charge in [-0.1, -0.05) is 6.92 Å². The highest BCUT2D eigenvalue weighted by molar-refractivity contribution is 5.86. The third-order valence-corrected chi connectivity index (χ3v) is 4.68. The molecule has 6 nitrogen and oxygen atoms in total. The molecule has 0 aliphatic carbocycles. The lowest BCUT2D eigenvalue weighted by atomic mass is 9.87. The van der Waals surface area contributed by atoms with Gasteiger partial charge in [0.2, 0.25) is 0 Å². The molecule has 0 aromatic carbocycles. The number of carbonyl (C=O) groups excluding carboxylic acids is 1. The second kappa shape index (κ2) is 6.71. The summed E-state index contributed by atoms with van der Waals surface area (Å²) in [6, 6.07) is 0. The van der Waals surface area contributed by atoms with Gasteiger partial charge in [-0.15, -0.1) is 0 Å². The van der Waals surface area contributed by atoms with Gasteiger partial charge in [-0.25, -0.2) is 0 Å². The van der Waals surface area contributed by atoms with Crippen molar-refractivity contribution in [3.63, 3.8) is 0 Å². The highest BCUT2D eigenvalue weighted by Gasteiger charge is 2.47. The monoisotopic (exact) mass is 302 g/mol. The van der Waals surface area contributed by atoms with Crippen LogP contribution in [0.3, 0.4) is 0 Å². The molecule has 0 aromatic heterocycles. The zero-order chi connectivity index (χ0) is 15.7. The number of aliphatic hydroxyl groups excluding tert-OH is 3. The molecule has 0 spiro atoms. The molecule has 2 aliphatic heterocycles. The predicted molar refractivity (Wildman–Crippen MR) is 74.7 cm³/mol. The van der Waals surface area contributed by atoms with Crippen LogP contribution in [0.4, 0.5) is 0 Å². The second-order valence-corrected chi connectivity index (χ2v) is 6.44. The fourth-order valence-electron chi connectivity index (χ4n) is 2.90. The minimum Gasteiger partial charge on any atom is -0.393 e. The van der Waals surface area contributed by atoms with Crippen LogP contribution in [-0.2, 0) is 14.3 Å². The molecule has 21 heavy (non-hydrogen) atoms. The van der Waals surface area contributed by atoms with Crippen LogP contribution in [-0.4, -0.2) is 64.3 Å². The summed E-state index contributed by atoms with van der Waals surface area (Å²) in [5.74, 6) is -0.378. The molecule has 2 rings (SSSR count).